The van der Waals surface area contributed by atoms with Crippen molar-refractivity contribution in [2.24, 2.45) is 5.92 Å². The molecule has 10 heteroatoms. The third-order valence-corrected chi connectivity index (χ3v) is 8.20. The Morgan fingerprint density at radius 1 is 0.972 bits per heavy atom. The summed E-state index contributed by atoms with van der Waals surface area (Å²) in [6.45, 7) is 0.623. The minimum atomic E-state index is -2.71. The van der Waals surface area contributed by atoms with Crippen molar-refractivity contribution in [3.63, 3.8) is 0 Å². The number of alkyl halides is 2. The third-order valence-electron chi connectivity index (χ3n) is 7.29. The second kappa shape index (κ2) is 10.7. The Kier molecular flexibility index (Phi) is 8.04. The molecule has 1 saturated heterocycles. The number of hydrogen-bond donors (Lipinski definition) is 0. The second-order valence-corrected chi connectivity index (χ2v) is 11.5. The predicted molar refractivity (Wildman–Crippen MR) is 140 cm³/mol. The van der Waals surface area contributed by atoms with Crippen LogP contribution in [0.3, 0.4) is 0 Å². The van der Waals surface area contributed by atoms with E-state index in [1.165, 1.54) is 17.0 Å². The smallest absolute Gasteiger partial charge is 0.324 e. The molecule has 2 aromatic rings. The summed E-state index contributed by atoms with van der Waals surface area (Å²) in [5, 5.41) is 0. The van der Waals surface area contributed by atoms with Gasteiger partial charge in [0, 0.05) is 66.5 Å². The quantitative estimate of drug-likeness (QED) is 0.379. The van der Waals surface area contributed by atoms with Crippen LogP contribution in [0, 0.1) is 11.7 Å². The first-order chi connectivity index (χ1) is 16.9. The van der Waals surface area contributed by atoms with Crippen molar-refractivity contribution in [2.75, 3.05) is 32.1 Å². The molecule has 0 unspecified atom stereocenters. The molecular weight excluding hydrogens is 603 g/mol. The zero-order valence-corrected chi connectivity index (χ0v) is 23.2. The van der Waals surface area contributed by atoms with Crippen molar-refractivity contribution in [2.45, 2.75) is 43.6 Å². The van der Waals surface area contributed by atoms with E-state index in [1.54, 1.807) is 36.0 Å². The van der Waals surface area contributed by atoms with Crippen molar-refractivity contribution in [1.82, 2.24) is 9.80 Å². The van der Waals surface area contributed by atoms with Gasteiger partial charge in [0.05, 0.1) is 6.04 Å². The lowest BCUT2D eigenvalue weighted by atomic mass is 9.86. The predicted octanol–water partition coefficient (Wildman–Crippen LogP) is 6.66. The van der Waals surface area contributed by atoms with Crippen LogP contribution >= 0.6 is 31.9 Å². The fraction of sp³-hybridized carbons (Fsp3) is 0.462. The van der Waals surface area contributed by atoms with Crippen molar-refractivity contribution in [1.29, 1.82) is 0 Å². The maximum absolute atomic E-state index is 13.6. The van der Waals surface area contributed by atoms with E-state index in [2.05, 4.69) is 31.9 Å². The highest BCUT2D eigenvalue weighted by Crippen LogP contribution is 2.39. The Morgan fingerprint density at radius 3 is 2.14 bits per heavy atom. The molecule has 2 fully saturated rings. The largest absolute Gasteiger partial charge is 0.340 e. The molecule has 194 valence electrons. The van der Waals surface area contributed by atoms with Crippen LogP contribution in [-0.2, 0) is 4.79 Å². The molecule has 3 amide bonds. The molecule has 0 aromatic heterocycles. The van der Waals surface area contributed by atoms with Crippen molar-refractivity contribution in [3.05, 3.63) is 62.8 Å². The van der Waals surface area contributed by atoms with E-state index in [-0.39, 0.29) is 61.9 Å². The lowest BCUT2D eigenvalue weighted by molar-refractivity contribution is -0.138. The first kappa shape index (κ1) is 27.0. The van der Waals surface area contributed by atoms with E-state index in [1.807, 2.05) is 18.2 Å². The Morgan fingerprint density at radius 2 is 1.56 bits per heavy atom. The highest BCUT2D eigenvalue weighted by atomic mass is 79.9. The van der Waals surface area contributed by atoms with Gasteiger partial charge in [-0.05, 0) is 48.7 Å². The average molecular weight is 631 g/mol. The first-order valence-electron chi connectivity index (χ1n) is 11.8. The lowest BCUT2D eigenvalue weighted by Gasteiger charge is -2.33. The molecule has 1 aliphatic carbocycles. The number of likely N-dealkylation sites (tertiary alicyclic amines) is 1. The molecule has 0 radical (unpaired) electrons. The minimum absolute atomic E-state index is 0.148. The summed E-state index contributed by atoms with van der Waals surface area (Å²) >= 11 is 6.89. The van der Waals surface area contributed by atoms with Crippen LogP contribution in [0.25, 0.3) is 0 Å². The normalized spacial score (nSPS) is 21.9. The number of nitrogens with zero attached hydrogens (tertiary/aromatic N) is 3. The van der Waals surface area contributed by atoms with E-state index < -0.39 is 11.8 Å². The standard InChI is InChI=1S/C26H28Br2F3N3O2/c1-32(21-12-18(27)11-19(28)13-21)25(36)33(2)23-15-34(14-22(23)16-3-5-20(29)6-4-16)24(35)17-7-9-26(30,31)10-8-17/h3-6,11-13,17,22-23H,7-10,14-15H2,1-2H3/t22-,23+/m0/s1. The molecule has 4 rings (SSSR count). The lowest BCUT2D eigenvalue weighted by Crippen LogP contribution is -2.48. The highest BCUT2D eigenvalue weighted by Gasteiger charge is 2.44. The SMILES string of the molecule is CN(C(=O)N(C)[C@@H]1CN(C(=O)C2CCC(F)(F)CC2)C[C@H]1c1ccc(F)cc1)c1cc(Br)cc(Br)c1. The fourth-order valence-corrected chi connectivity index (χ4v) is 6.43. The maximum Gasteiger partial charge on any atom is 0.324 e. The number of carbonyl (C=O) groups excluding carboxylic acids is 2. The van der Waals surface area contributed by atoms with E-state index in [0.29, 0.717) is 12.2 Å². The van der Waals surface area contributed by atoms with Crippen LogP contribution in [0.15, 0.2) is 51.4 Å². The molecule has 36 heavy (non-hydrogen) atoms. The number of hydrogen-bond acceptors (Lipinski definition) is 2. The van der Waals surface area contributed by atoms with Crippen molar-refractivity contribution >= 4 is 49.5 Å². The number of anilines is 1. The molecule has 0 bridgehead atoms. The molecule has 0 spiro atoms. The van der Waals surface area contributed by atoms with Gasteiger partial charge in [-0.1, -0.05) is 44.0 Å². The molecule has 2 aliphatic rings. The van der Waals surface area contributed by atoms with Gasteiger partial charge in [-0.25, -0.2) is 18.0 Å². The third kappa shape index (κ3) is 5.90. The summed E-state index contributed by atoms with van der Waals surface area (Å²) in [4.78, 5) is 31.7. The first-order valence-corrected chi connectivity index (χ1v) is 13.4. The van der Waals surface area contributed by atoms with Gasteiger partial charge in [-0.15, -0.1) is 0 Å². The summed E-state index contributed by atoms with van der Waals surface area (Å²) < 4.78 is 42.5. The minimum Gasteiger partial charge on any atom is -0.340 e. The van der Waals surface area contributed by atoms with Crippen LogP contribution in [0.2, 0.25) is 0 Å². The van der Waals surface area contributed by atoms with Crippen LogP contribution < -0.4 is 4.90 Å². The number of rotatable bonds is 4. The number of halogens is 5. The van der Waals surface area contributed by atoms with Crippen LogP contribution in [-0.4, -0.2) is 60.9 Å². The number of carbonyl (C=O) groups is 2. The molecule has 1 aliphatic heterocycles. The van der Waals surface area contributed by atoms with Crippen LogP contribution in [0.1, 0.15) is 37.2 Å². The highest BCUT2D eigenvalue weighted by molar-refractivity contribution is 9.11. The van der Waals surface area contributed by atoms with Crippen molar-refractivity contribution in [3.8, 4) is 0 Å². The number of urea groups is 1. The summed E-state index contributed by atoms with van der Waals surface area (Å²) in [6.07, 6.45) is -0.256. The number of benzene rings is 2. The van der Waals surface area contributed by atoms with Gasteiger partial charge in [0.2, 0.25) is 11.8 Å². The number of likely N-dealkylation sites (N-methyl/N-ethyl adjacent to an activating group) is 1. The summed E-state index contributed by atoms with van der Waals surface area (Å²) in [6, 6.07) is 11.0. The molecule has 1 heterocycles. The van der Waals surface area contributed by atoms with Crippen LogP contribution in [0.5, 0.6) is 0 Å². The van der Waals surface area contributed by atoms with Gasteiger partial charge in [0.25, 0.3) is 0 Å². The van der Waals surface area contributed by atoms with Gasteiger partial charge in [-0.2, -0.15) is 0 Å². The van der Waals surface area contributed by atoms with Gasteiger partial charge in [-0.3, -0.25) is 9.69 Å². The number of amides is 3. The van der Waals surface area contributed by atoms with Crippen LogP contribution in [0.4, 0.5) is 23.7 Å². The molecule has 5 nitrogen and oxygen atoms in total. The summed E-state index contributed by atoms with van der Waals surface area (Å²) in [5.74, 6) is -3.91. The Bertz CT molecular complexity index is 1100. The van der Waals surface area contributed by atoms with E-state index in [4.69, 9.17) is 0 Å². The van der Waals surface area contributed by atoms with E-state index in [0.717, 1.165) is 14.5 Å². The van der Waals surface area contributed by atoms with Crippen molar-refractivity contribution < 1.29 is 22.8 Å². The van der Waals surface area contributed by atoms with E-state index in [9.17, 15) is 22.8 Å². The molecule has 2 atom stereocenters. The van der Waals surface area contributed by atoms with Gasteiger partial charge in [0.15, 0.2) is 0 Å². The van der Waals surface area contributed by atoms with E-state index >= 15 is 0 Å². The molecule has 1 saturated carbocycles. The average Bonchev–Trinajstić information content (AvgIpc) is 3.27. The monoisotopic (exact) mass is 629 g/mol. The molecule has 0 N–H and O–H groups in total. The summed E-state index contributed by atoms with van der Waals surface area (Å²) in [5.41, 5.74) is 1.50. The van der Waals surface area contributed by atoms with Gasteiger partial charge in [0.1, 0.15) is 5.82 Å². The fourth-order valence-electron chi connectivity index (χ4n) is 5.16. The molecule has 2 aromatic carbocycles. The maximum atomic E-state index is 13.6. The Hall–Kier alpha value is -2.07. The topological polar surface area (TPSA) is 43.9 Å². The molecular formula is C26H28Br2F3N3O2. The van der Waals surface area contributed by atoms with Gasteiger partial charge < -0.3 is 9.80 Å². The zero-order valence-electron chi connectivity index (χ0n) is 20.1. The van der Waals surface area contributed by atoms with Gasteiger partial charge >= 0.3 is 6.03 Å². The second-order valence-electron chi connectivity index (χ2n) is 9.68. The Labute approximate surface area is 225 Å². The summed E-state index contributed by atoms with van der Waals surface area (Å²) in [7, 11) is 3.38. The Balaban J connectivity index is 1.56. The zero-order chi connectivity index (χ0) is 26.2.